The minimum Gasteiger partial charge on any atom is -0.464 e. The van der Waals surface area contributed by atoms with Crippen molar-refractivity contribution >= 4 is 17.0 Å². The average molecular weight is 234 g/mol. The summed E-state index contributed by atoms with van der Waals surface area (Å²) >= 11 is 0. The summed E-state index contributed by atoms with van der Waals surface area (Å²) in [5.74, 6) is 0. The number of benzene rings is 1. The first-order valence-corrected chi connectivity index (χ1v) is 4.89. The van der Waals surface area contributed by atoms with Gasteiger partial charge in [0.1, 0.15) is 0 Å². The van der Waals surface area contributed by atoms with Crippen LogP contribution in [0.4, 0.5) is 4.79 Å². The van der Waals surface area contributed by atoms with Crippen LogP contribution < -0.4 is 11.2 Å². The van der Waals surface area contributed by atoms with E-state index in [0.29, 0.717) is 5.52 Å². The monoisotopic (exact) mass is 234 g/mol. The van der Waals surface area contributed by atoms with E-state index in [1.54, 1.807) is 12.1 Å². The molecule has 0 saturated carbocycles. The highest BCUT2D eigenvalue weighted by Gasteiger charge is 2.15. The lowest BCUT2D eigenvalue weighted by Gasteiger charge is -2.07. The second-order valence-corrected chi connectivity index (χ2v) is 3.79. The Hall–Kier alpha value is -2.37. The molecule has 0 aliphatic heterocycles. The zero-order chi connectivity index (χ0) is 12.7. The van der Waals surface area contributed by atoms with Crippen LogP contribution in [-0.2, 0) is 7.05 Å². The maximum absolute atomic E-state index is 11.8. The van der Waals surface area contributed by atoms with Gasteiger partial charge in [0.15, 0.2) is 0 Å². The first kappa shape index (κ1) is 11.1. The molecule has 0 atom stereocenters. The molecular weight excluding hydrogens is 224 g/mol. The third kappa shape index (κ3) is 1.54. The highest BCUT2D eigenvalue weighted by atomic mass is 16.4. The summed E-state index contributed by atoms with van der Waals surface area (Å²) in [6.45, 7) is 1.83. The molecular formula is C11H10N2O4. The van der Waals surface area contributed by atoms with Crippen molar-refractivity contribution in [1.82, 2.24) is 9.13 Å². The van der Waals surface area contributed by atoms with E-state index in [-0.39, 0.29) is 9.95 Å². The molecule has 0 fully saturated rings. The van der Waals surface area contributed by atoms with E-state index in [9.17, 15) is 14.4 Å². The van der Waals surface area contributed by atoms with Crippen molar-refractivity contribution in [3.8, 4) is 0 Å². The van der Waals surface area contributed by atoms with Crippen molar-refractivity contribution in [2.24, 2.45) is 7.05 Å². The van der Waals surface area contributed by atoms with Gasteiger partial charge in [-0.2, -0.15) is 4.57 Å². The summed E-state index contributed by atoms with van der Waals surface area (Å²) in [4.78, 5) is 34.4. The van der Waals surface area contributed by atoms with Crippen LogP contribution in [0.1, 0.15) is 5.56 Å². The van der Waals surface area contributed by atoms with Gasteiger partial charge in [-0.1, -0.05) is 6.07 Å². The highest BCUT2D eigenvalue weighted by molar-refractivity contribution is 5.81. The fourth-order valence-electron chi connectivity index (χ4n) is 1.73. The van der Waals surface area contributed by atoms with Gasteiger partial charge >= 0.3 is 11.8 Å². The van der Waals surface area contributed by atoms with E-state index < -0.39 is 17.3 Å². The zero-order valence-corrected chi connectivity index (χ0v) is 9.30. The minimum absolute atomic E-state index is 0.206. The smallest absolute Gasteiger partial charge is 0.422 e. The molecule has 0 saturated heterocycles. The summed E-state index contributed by atoms with van der Waals surface area (Å²) in [7, 11) is 1.43. The van der Waals surface area contributed by atoms with Crippen LogP contribution in [0, 0.1) is 6.92 Å². The Morgan fingerprint density at radius 2 is 1.94 bits per heavy atom. The van der Waals surface area contributed by atoms with Gasteiger partial charge in [-0.3, -0.25) is 9.36 Å². The van der Waals surface area contributed by atoms with Crippen LogP contribution in [0.15, 0.2) is 27.8 Å². The SMILES string of the molecule is Cc1ccc2c(=O)n(C(=O)O)c(=O)n(C)c2c1. The van der Waals surface area contributed by atoms with Gasteiger partial charge in [0.2, 0.25) is 0 Å². The molecule has 1 heterocycles. The van der Waals surface area contributed by atoms with Crippen LogP contribution in [0.3, 0.4) is 0 Å². The third-order valence-corrected chi connectivity index (χ3v) is 2.62. The lowest BCUT2D eigenvalue weighted by molar-refractivity contribution is 0.193. The van der Waals surface area contributed by atoms with Gasteiger partial charge in [-0.25, -0.2) is 9.59 Å². The van der Waals surface area contributed by atoms with E-state index in [4.69, 9.17) is 5.11 Å². The molecule has 0 radical (unpaired) electrons. The van der Waals surface area contributed by atoms with Crippen LogP contribution in [-0.4, -0.2) is 20.3 Å². The van der Waals surface area contributed by atoms with Crippen molar-refractivity contribution in [3.05, 3.63) is 44.6 Å². The van der Waals surface area contributed by atoms with Crippen molar-refractivity contribution in [3.63, 3.8) is 0 Å². The lowest BCUT2D eigenvalue weighted by atomic mass is 10.2. The summed E-state index contributed by atoms with van der Waals surface area (Å²) in [5, 5.41) is 9.04. The second-order valence-electron chi connectivity index (χ2n) is 3.79. The summed E-state index contributed by atoms with van der Waals surface area (Å²) in [6, 6.07) is 4.89. The lowest BCUT2D eigenvalue weighted by Crippen LogP contribution is -2.42. The Kier molecular flexibility index (Phi) is 2.35. The average Bonchev–Trinajstić information content (AvgIpc) is 2.25. The number of carbonyl (C=O) groups is 1. The molecule has 0 aliphatic carbocycles. The van der Waals surface area contributed by atoms with Crippen molar-refractivity contribution < 1.29 is 9.90 Å². The van der Waals surface area contributed by atoms with Crippen molar-refractivity contribution in [2.75, 3.05) is 0 Å². The fourth-order valence-corrected chi connectivity index (χ4v) is 1.73. The number of aryl methyl sites for hydroxylation is 2. The van der Waals surface area contributed by atoms with Gasteiger partial charge in [0.25, 0.3) is 5.56 Å². The second kappa shape index (κ2) is 3.58. The van der Waals surface area contributed by atoms with Crippen molar-refractivity contribution in [2.45, 2.75) is 6.92 Å². The molecule has 88 valence electrons. The largest absolute Gasteiger partial charge is 0.464 e. The fraction of sp³-hybridized carbons (Fsp3) is 0.182. The van der Waals surface area contributed by atoms with Crippen LogP contribution in [0.25, 0.3) is 10.9 Å². The molecule has 0 spiro atoms. The first-order chi connectivity index (χ1) is 7.93. The molecule has 0 amide bonds. The van der Waals surface area contributed by atoms with Crippen LogP contribution >= 0.6 is 0 Å². The molecule has 0 aliphatic rings. The van der Waals surface area contributed by atoms with Crippen LogP contribution in [0.5, 0.6) is 0 Å². The molecule has 1 aromatic carbocycles. The summed E-state index contributed by atoms with van der Waals surface area (Å²) < 4.78 is 1.36. The molecule has 1 N–H and O–H groups in total. The van der Waals surface area contributed by atoms with Gasteiger partial charge in [-0.15, -0.1) is 0 Å². The summed E-state index contributed by atoms with van der Waals surface area (Å²) in [6.07, 6.45) is -1.57. The Labute approximate surface area is 95.3 Å². The van der Waals surface area contributed by atoms with Gasteiger partial charge in [0.05, 0.1) is 10.9 Å². The molecule has 6 nitrogen and oxygen atoms in total. The number of hydrogen-bond donors (Lipinski definition) is 1. The normalized spacial score (nSPS) is 10.7. The van der Waals surface area contributed by atoms with E-state index in [2.05, 4.69) is 0 Å². The molecule has 6 heteroatoms. The van der Waals surface area contributed by atoms with E-state index in [0.717, 1.165) is 10.1 Å². The van der Waals surface area contributed by atoms with E-state index >= 15 is 0 Å². The number of rotatable bonds is 0. The number of aromatic nitrogens is 2. The molecule has 0 unspecified atom stereocenters. The zero-order valence-electron chi connectivity index (χ0n) is 9.30. The topological polar surface area (TPSA) is 81.3 Å². The summed E-state index contributed by atoms with van der Waals surface area (Å²) in [5.41, 5.74) is -0.353. The molecule has 1 aromatic heterocycles. The molecule has 0 bridgehead atoms. The van der Waals surface area contributed by atoms with E-state index in [1.165, 1.54) is 13.1 Å². The van der Waals surface area contributed by atoms with Gasteiger partial charge in [-0.05, 0) is 24.6 Å². The van der Waals surface area contributed by atoms with Crippen LogP contribution in [0.2, 0.25) is 0 Å². The predicted octanol–water partition coefficient (Wildman–Crippen LogP) is 0.535. The molecule has 17 heavy (non-hydrogen) atoms. The Balaban J connectivity index is 3.11. The first-order valence-electron chi connectivity index (χ1n) is 4.89. The Bertz CT molecular complexity index is 739. The van der Waals surface area contributed by atoms with Gasteiger partial charge in [0, 0.05) is 7.05 Å². The Morgan fingerprint density at radius 1 is 1.29 bits per heavy atom. The highest BCUT2D eigenvalue weighted by Crippen LogP contribution is 2.09. The molecule has 2 aromatic rings. The van der Waals surface area contributed by atoms with Gasteiger partial charge < -0.3 is 5.11 Å². The quantitative estimate of drug-likeness (QED) is 0.721. The maximum atomic E-state index is 11.8. The maximum Gasteiger partial charge on any atom is 0.422 e. The number of nitrogens with zero attached hydrogens (tertiary/aromatic N) is 2. The third-order valence-electron chi connectivity index (χ3n) is 2.62. The number of carboxylic acid groups (broad SMARTS) is 1. The van der Waals surface area contributed by atoms with E-state index in [1.807, 2.05) is 6.92 Å². The molecule has 2 rings (SSSR count). The predicted molar refractivity (Wildman–Crippen MR) is 61.6 cm³/mol. The number of fused-ring (bicyclic) bond motifs is 1. The van der Waals surface area contributed by atoms with Crippen molar-refractivity contribution in [1.29, 1.82) is 0 Å². The minimum atomic E-state index is -1.57. The Morgan fingerprint density at radius 3 is 2.53 bits per heavy atom. The number of hydrogen-bond acceptors (Lipinski definition) is 3. The standard InChI is InChI=1S/C11H10N2O4/c1-6-3-4-7-8(5-6)12(2)10(15)13(9(7)14)11(16)17/h3-5H,1-2H3,(H,16,17).